The number of fused-ring (bicyclic) bond motifs is 3. The largest absolute Gasteiger partial charge is 0.406 e. The second kappa shape index (κ2) is 9.87. The molecule has 0 unspecified atom stereocenters. The zero-order valence-corrected chi connectivity index (χ0v) is 22.7. The van der Waals surface area contributed by atoms with E-state index in [0.717, 1.165) is 21.6 Å². The Morgan fingerprint density at radius 2 is 1.90 bits per heavy atom. The van der Waals surface area contributed by atoms with Gasteiger partial charge in [-0.25, -0.2) is 4.98 Å². The smallest absolute Gasteiger partial charge is 0.340 e. The molecule has 1 spiro atoms. The molecule has 11 heteroatoms. The van der Waals surface area contributed by atoms with Gasteiger partial charge in [-0.15, -0.1) is 0 Å². The molecule has 2 N–H and O–H groups in total. The van der Waals surface area contributed by atoms with E-state index < -0.39 is 48.0 Å². The Kier molecular flexibility index (Phi) is 6.56. The number of piperidine rings is 1. The molecule has 1 fully saturated rings. The third kappa shape index (κ3) is 4.84. The number of hydrogen-bond donors (Lipinski definition) is 2. The highest BCUT2D eigenvalue weighted by molar-refractivity contribution is 6.30. The molecule has 3 amide bonds. The van der Waals surface area contributed by atoms with Gasteiger partial charge in [0.25, 0.3) is 5.91 Å². The number of pyridine rings is 1. The van der Waals surface area contributed by atoms with E-state index in [1.807, 2.05) is 6.07 Å². The van der Waals surface area contributed by atoms with E-state index in [0.29, 0.717) is 29.2 Å². The van der Waals surface area contributed by atoms with Crippen molar-refractivity contribution in [3.8, 4) is 0 Å². The minimum Gasteiger partial charge on any atom is -0.340 e. The third-order valence-electron chi connectivity index (χ3n) is 8.52. The lowest BCUT2D eigenvalue weighted by atomic mass is 9.79. The fourth-order valence-electron chi connectivity index (χ4n) is 6.51. The van der Waals surface area contributed by atoms with E-state index in [4.69, 9.17) is 11.6 Å². The number of nitrogens with one attached hydrogen (secondary N) is 2. The maximum atomic E-state index is 13.5. The molecule has 7 nitrogen and oxygen atoms in total. The average Bonchev–Trinajstić information content (AvgIpc) is 3.44. The predicted molar refractivity (Wildman–Crippen MR) is 146 cm³/mol. The number of rotatable bonds is 4. The number of amides is 3. The van der Waals surface area contributed by atoms with Gasteiger partial charge >= 0.3 is 6.18 Å². The second-order valence-corrected chi connectivity index (χ2v) is 11.5. The zero-order valence-electron chi connectivity index (χ0n) is 22.0. The molecule has 6 rings (SSSR count). The standard InChI is InChI=1S/C30H26ClF3N4O3/c1-16-22(17-4-2-5-21(31)11-17)12-24(27(40)38(16)15-30(32,33)34)36-26(39)18-7-8-19-13-29(14-20(19)10-18)23-6-3-9-35-25(23)37-28(29)41/h2-11,16,22,24H,12-15H2,1H3,(H,36,39)(H,35,37,41)/t16-,22-,24+,29+/m0/s1. The Morgan fingerprint density at radius 1 is 1.12 bits per heavy atom. The molecule has 3 heterocycles. The Balaban J connectivity index is 1.25. The number of likely N-dealkylation sites (tertiary alicyclic amines) is 1. The molecule has 41 heavy (non-hydrogen) atoms. The summed E-state index contributed by atoms with van der Waals surface area (Å²) in [4.78, 5) is 44.7. The van der Waals surface area contributed by atoms with E-state index in [1.165, 1.54) is 0 Å². The van der Waals surface area contributed by atoms with Crippen LogP contribution in [0, 0.1) is 0 Å². The summed E-state index contributed by atoms with van der Waals surface area (Å²) in [6.45, 7) is 0.159. The van der Waals surface area contributed by atoms with E-state index in [2.05, 4.69) is 15.6 Å². The first-order valence-electron chi connectivity index (χ1n) is 13.3. The van der Waals surface area contributed by atoms with Crippen molar-refractivity contribution in [1.29, 1.82) is 0 Å². The topological polar surface area (TPSA) is 91.4 Å². The number of carbonyl (C=O) groups excluding carboxylic acids is 3. The van der Waals surface area contributed by atoms with Gasteiger partial charge in [-0.3, -0.25) is 14.4 Å². The highest BCUT2D eigenvalue weighted by Crippen LogP contribution is 2.46. The monoisotopic (exact) mass is 582 g/mol. The minimum absolute atomic E-state index is 0.123. The molecule has 2 aromatic carbocycles. The van der Waals surface area contributed by atoms with Gasteiger partial charge in [-0.2, -0.15) is 13.2 Å². The highest BCUT2D eigenvalue weighted by atomic mass is 35.5. The maximum absolute atomic E-state index is 13.5. The fraction of sp³-hybridized carbons (Fsp3) is 0.333. The van der Waals surface area contributed by atoms with Gasteiger partial charge in [0, 0.05) is 34.3 Å². The van der Waals surface area contributed by atoms with Crippen molar-refractivity contribution in [3.05, 3.63) is 93.6 Å². The number of hydrogen-bond acceptors (Lipinski definition) is 4. The van der Waals surface area contributed by atoms with Gasteiger partial charge in [0.15, 0.2) is 0 Å². The van der Waals surface area contributed by atoms with Crippen LogP contribution < -0.4 is 10.6 Å². The number of benzene rings is 2. The molecule has 0 bridgehead atoms. The zero-order chi connectivity index (χ0) is 29.1. The first-order valence-corrected chi connectivity index (χ1v) is 13.7. The molecule has 1 aromatic heterocycles. The Hall–Kier alpha value is -3.92. The minimum atomic E-state index is -4.61. The molecular formula is C30H26ClF3N4O3. The average molecular weight is 583 g/mol. The Labute approximate surface area is 239 Å². The molecule has 3 aliphatic rings. The first-order chi connectivity index (χ1) is 19.4. The quantitative estimate of drug-likeness (QED) is 0.463. The van der Waals surface area contributed by atoms with E-state index in [-0.39, 0.29) is 17.9 Å². The van der Waals surface area contributed by atoms with Crippen molar-refractivity contribution in [2.24, 2.45) is 0 Å². The van der Waals surface area contributed by atoms with E-state index >= 15 is 0 Å². The van der Waals surface area contributed by atoms with E-state index in [1.54, 1.807) is 61.7 Å². The SMILES string of the molecule is C[C@H]1[C@@H](c2cccc(Cl)c2)C[C@@H](NC(=O)c2ccc3c(c2)C[C@@]2(C3)C(=O)Nc3ncccc32)C(=O)N1CC(F)(F)F. The molecule has 0 saturated carbocycles. The summed E-state index contributed by atoms with van der Waals surface area (Å²) in [5, 5.41) is 5.97. The Morgan fingerprint density at radius 3 is 2.66 bits per heavy atom. The fourth-order valence-corrected chi connectivity index (χ4v) is 6.71. The van der Waals surface area contributed by atoms with Crippen molar-refractivity contribution in [1.82, 2.24) is 15.2 Å². The predicted octanol–water partition coefficient (Wildman–Crippen LogP) is 4.79. The summed E-state index contributed by atoms with van der Waals surface area (Å²) in [5.74, 6) is -1.45. The van der Waals surface area contributed by atoms with Gasteiger partial charge < -0.3 is 15.5 Å². The summed E-state index contributed by atoms with van der Waals surface area (Å²) < 4.78 is 40.4. The van der Waals surface area contributed by atoms with Gasteiger partial charge in [0.05, 0.1) is 5.41 Å². The lowest BCUT2D eigenvalue weighted by Crippen LogP contribution is -2.59. The van der Waals surface area contributed by atoms with Crippen molar-refractivity contribution >= 4 is 35.1 Å². The van der Waals surface area contributed by atoms with Crippen LogP contribution in [0.3, 0.4) is 0 Å². The number of nitrogens with zero attached hydrogens (tertiary/aromatic N) is 2. The molecule has 2 aliphatic heterocycles. The summed E-state index contributed by atoms with van der Waals surface area (Å²) in [6, 6.07) is 13.6. The summed E-state index contributed by atoms with van der Waals surface area (Å²) >= 11 is 6.15. The van der Waals surface area contributed by atoms with Crippen LogP contribution in [0.15, 0.2) is 60.8 Å². The van der Waals surface area contributed by atoms with Gasteiger partial charge in [-0.05, 0) is 73.2 Å². The normalized spacial score (nSPS) is 25.2. The van der Waals surface area contributed by atoms with Gasteiger partial charge in [-0.1, -0.05) is 35.9 Å². The maximum Gasteiger partial charge on any atom is 0.406 e. The number of aromatic nitrogens is 1. The Bertz CT molecular complexity index is 1580. The number of anilines is 1. The lowest BCUT2D eigenvalue weighted by molar-refractivity contribution is -0.170. The molecule has 0 radical (unpaired) electrons. The van der Waals surface area contributed by atoms with Crippen LogP contribution in [0.2, 0.25) is 5.02 Å². The van der Waals surface area contributed by atoms with Crippen molar-refractivity contribution in [2.75, 3.05) is 11.9 Å². The lowest BCUT2D eigenvalue weighted by Gasteiger charge is -2.43. The van der Waals surface area contributed by atoms with Crippen LogP contribution in [0.1, 0.15) is 51.9 Å². The summed E-state index contributed by atoms with van der Waals surface area (Å²) in [7, 11) is 0. The number of halogens is 4. The highest BCUT2D eigenvalue weighted by Gasteiger charge is 2.51. The van der Waals surface area contributed by atoms with Crippen molar-refractivity contribution in [3.63, 3.8) is 0 Å². The number of carbonyl (C=O) groups is 3. The van der Waals surface area contributed by atoms with Gasteiger partial charge in [0.1, 0.15) is 18.4 Å². The van der Waals surface area contributed by atoms with E-state index in [9.17, 15) is 27.6 Å². The van der Waals surface area contributed by atoms with Crippen LogP contribution in [0.25, 0.3) is 0 Å². The first kappa shape index (κ1) is 27.3. The number of alkyl halides is 3. The van der Waals surface area contributed by atoms with Crippen molar-refractivity contribution < 1.29 is 27.6 Å². The van der Waals surface area contributed by atoms with Crippen LogP contribution in [0.5, 0.6) is 0 Å². The molecule has 212 valence electrons. The van der Waals surface area contributed by atoms with Crippen LogP contribution >= 0.6 is 11.6 Å². The summed E-state index contributed by atoms with van der Waals surface area (Å²) in [6.07, 6.45) is -2.03. The van der Waals surface area contributed by atoms with Crippen LogP contribution in [-0.4, -0.2) is 52.4 Å². The van der Waals surface area contributed by atoms with Crippen LogP contribution in [0.4, 0.5) is 19.0 Å². The van der Waals surface area contributed by atoms with Gasteiger partial charge in [0.2, 0.25) is 11.8 Å². The molecule has 4 atom stereocenters. The molecular weight excluding hydrogens is 557 g/mol. The van der Waals surface area contributed by atoms with Crippen molar-refractivity contribution in [2.45, 2.75) is 55.8 Å². The second-order valence-electron chi connectivity index (χ2n) is 11.0. The summed E-state index contributed by atoms with van der Waals surface area (Å²) in [5.41, 5.74) is 2.71. The molecule has 3 aromatic rings. The van der Waals surface area contributed by atoms with Crippen LogP contribution in [-0.2, 0) is 27.8 Å². The molecule has 1 aliphatic carbocycles. The third-order valence-corrected chi connectivity index (χ3v) is 8.75. The molecule has 1 saturated heterocycles.